The maximum absolute atomic E-state index is 11.1. The van der Waals surface area contributed by atoms with E-state index in [1.54, 1.807) is 31.2 Å². The maximum Gasteiger partial charge on any atom is 0.229 e. The average Bonchev–Trinajstić information content (AvgIpc) is 2.19. The molecule has 16 heavy (non-hydrogen) atoms. The Morgan fingerprint density at radius 1 is 1.38 bits per heavy atom. The number of ether oxygens (including phenoxy) is 1. The van der Waals surface area contributed by atoms with Gasteiger partial charge in [-0.25, -0.2) is 8.42 Å². The van der Waals surface area contributed by atoms with E-state index in [9.17, 15) is 8.42 Å². The van der Waals surface area contributed by atoms with E-state index < -0.39 is 10.0 Å². The van der Waals surface area contributed by atoms with Crippen molar-refractivity contribution in [3.8, 4) is 17.6 Å². The van der Waals surface area contributed by atoms with Crippen LogP contribution in [0.15, 0.2) is 24.3 Å². The number of hydrogen-bond acceptors (Lipinski definition) is 3. The van der Waals surface area contributed by atoms with Crippen LogP contribution >= 0.6 is 0 Å². The van der Waals surface area contributed by atoms with Crippen molar-refractivity contribution in [3.63, 3.8) is 0 Å². The Labute approximate surface area is 95.7 Å². The van der Waals surface area contributed by atoms with Crippen LogP contribution in [-0.2, 0) is 10.0 Å². The lowest BCUT2D eigenvalue weighted by molar-refractivity contribution is 0.372. The molecule has 1 aromatic rings. The van der Waals surface area contributed by atoms with Gasteiger partial charge in [-0.3, -0.25) is 4.72 Å². The molecule has 0 aliphatic carbocycles. The molecule has 0 saturated carbocycles. The highest BCUT2D eigenvalue weighted by Gasteiger charge is 2.06. The van der Waals surface area contributed by atoms with Gasteiger partial charge in [0.05, 0.1) is 11.9 Å². The first kappa shape index (κ1) is 12.4. The Morgan fingerprint density at radius 3 is 2.69 bits per heavy atom. The van der Waals surface area contributed by atoms with Crippen molar-refractivity contribution in [2.45, 2.75) is 6.92 Å². The lowest BCUT2D eigenvalue weighted by atomic mass is 10.3. The van der Waals surface area contributed by atoms with Gasteiger partial charge in [0.15, 0.2) is 0 Å². The zero-order valence-electron chi connectivity index (χ0n) is 9.15. The van der Waals surface area contributed by atoms with Crippen molar-refractivity contribution in [3.05, 3.63) is 24.3 Å². The standard InChI is InChI=1S/C11H13NO3S/c1-3-4-9-15-11-8-6-5-7-10(11)12-16(2,13)14/h5-8,12H,9H2,1-2H3. The van der Waals surface area contributed by atoms with Crippen LogP contribution in [0.2, 0.25) is 0 Å². The first-order chi connectivity index (χ1) is 7.53. The lowest BCUT2D eigenvalue weighted by Crippen LogP contribution is -2.10. The Morgan fingerprint density at radius 2 is 2.06 bits per heavy atom. The molecule has 4 nitrogen and oxygen atoms in total. The predicted octanol–water partition coefficient (Wildman–Crippen LogP) is 1.46. The molecular weight excluding hydrogens is 226 g/mol. The summed E-state index contributed by atoms with van der Waals surface area (Å²) in [5.74, 6) is 5.90. The topological polar surface area (TPSA) is 55.4 Å². The molecule has 0 fully saturated rings. The zero-order chi connectivity index (χ0) is 12.0. The molecule has 0 atom stereocenters. The van der Waals surface area contributed by atoms with Gasteiger partial charge in [-0.05, 0) is 19.1 Å². The minimum atomic E-state index is -3.30. The zero-order valence-corrected chi connectivity index (χ0v) is 9.97. The maximum atomic E-state index is 11.1. The van der Waals surface area contributed by atoms with Crippen LogP contribution in [0.3, 0.4) is 0 Å². The summed E-state index contributed by atoms with van der Waals surface area (Å²) in [6, 6.07) is 6.81. The summed E-state index contributed by atoms with van der Waals surface area (Å²) in [6.07, 6.45) is 1.09. The average molecular weight is 239 g/mol. The van der Waals surface area contributed by atoms with Gasteiger partial charge in [0, 0.05) is 0 Å². The molecule has 0 saturated heterocycles. The molecule has 1 aromatic carbocycles. The van der Waals surface area contributed by atoms with Crippen LogP contribution in [0.5, 0.6) is 5.75 Å². The molecule has 0 bridgehead atoms. The van der Waals surface area contributed by atoms with Crippen LogP contribution in [0.4, 0.5) is 5.69 Å². The quantitative estimate of drug-likeness (QED) is 0.809. The van der Waals surface area contributed by atoms with Gasteiger partial charge < -0.3 is 4.74 Å². The number of hydrogen-bond donors (Lipinski definition) is 1. The van der Waals surface area contributed by atoms with Crippen LogP contribution in [0.1, 0.15) is 6.92 Å². The number of para-hydroxylation sites is 2. The SMILES string of the molecule is CC#CCOc1ccccc1NS(C)(=O)=O. The van der Waals surface area contributed by atoms with Gasteiger partial charge in [0.2, 0.25) is 10.0 Å². The molecule has 0 heterocycles. The molecule has 0 aromatic heterocycles. The van der Waals surface area contributed by atoms with Crippen LogP contribution in [-0.4, -0.2) is 21.3 Å². The first-order valence-corrected chi connectivity index (χ1v) is 6.51. The number of anilines is 1. The Hall–Kier alpha value is -1.67. The van der Waals surface area contributed by atoms with E-state index in [4.69, 9.17) is 4.74 Å². The summed E-state index contributed by atoms with van der Waals surface area (Å²) in [5.41, 5.74) is 0.419. The fraction of sp³-hybridized carbons (Fsp3) is 0.273. The summed E-state index contributed by atoms with van der Waals surface area (Å²) in [5, 5.41) is 0. The highest BCUT2D eigenvalue weighted by atomic mass is 32.2. The summed E-state index contributed by atoms with van der Waals surface area (Å²) in [4.78, 5) is 0. The van der Waals surface area contributed by atoms with Gasteiger partial charge in [0.1, 0.15) is 12.4 Å². The first-order valence-electron chi connectivity index (χ1n) is 4.62. The van der Waals surface area contributed by atoms with E-state index in [0.717, 1.165) is 6.26 Å². The smallest absolute Gasteiger partial charge is 0.229 e. The van der Waals surface area contributed by atoms with Gasteiger partial charge in [-0.15, -0.1) is 5.92 Å². The molecule has 0 aliphatic rings. The van der Waals surface area contributed by atoms with Gasteiger partial charge in [0.25, 0.3) is 0 Å². The second-order valence-electron chi connectivity index (χ2n) is 3.09. The molecule has 1 rings (SSSR count). The highest BCUT2D eigenvalue weighted by molar-refractivity contribution is 7.92. The van der Waals surface area contributed by atoms with Gasteiger partial charge >= 0.3 is 0 Å². The molecule has 0 unspecified atom stereocenters. The van der Waals surface area contributed by atoms with Crippen molar-refractivity contribution in [1.29, 1.82) is 0 Å². The van der Waals surface area contributed by atoms with E-state index in [0.29, 0.717) is 11.4 Å². The fourth-order valence-electron chi connectivity index (χ4n) is 1.06. The third-order valence-electron chi connectivity index (χ3n) is 1.66. The third-order valence-corrected chi connectivity index (χ3v) is 2.25. The Bertz CT molecular complexity index is 512. The summed E-state index contributed by atoms with van der Waals surface area (Å²) < 4.78 is 29.9. The van der Waals surface area contributed by atoms with Crippen LogP contribution in [0, 0.1) is 11.8 Å². The van der Waals surface area contributed by atoms with Crippen molar-refractivity contribution >= 4 is 15.7 Å². The molecule has 1 N–H and O–H groups in total. The van der Waals surface area contributed by atoms with E-state index in [-0.39, 0.29) is 6.61 Å². The largest absolute Gasteiger partial charge is 0.479 e. The van der Waals surface area contributed by atoms with Crippen LogP contribution < -0.4 is 9.46 Å². The second kappa shape index (κ2) is 5.42. The predicted molar refractivity (Wildman–Crippen MR) is 63.9 cm³/mol. The van der Waals surface area contributed by atoms with Crippen molar-refractivity contribution in [2.75, 3.05) is 17.6 Å². The molecular formula is C11H13NO3S. The molecule has 0 radical (unpaired) electrons. The minimum Gasteiger partial charge on any atom is -0.479 e. The normalized spacial score (nSPS) is 10.1. The Balaban J connectivity index is 2.86. The van der Waals surface area contributed by atoms with E-state index >= 15 is 0 Å². The Kier molecular flexibility index (Phi) is 4.20. The number of nitrogens with one attached hydrogen (secondary N) is 1. The summed E-state index contributed by atoms with van der Waals surface area (Å²) in [6.45, 7) is 1.95. The molecule has 5 heteroatoms. The fourth-order valence-corrected chi connectivity index (χ4v) is 1.63. The molecule has 86 valence electrons. The van der Waals surface area contributed by atoms with E-state index in [2.05, 4.69) is 16.6 Å². The number of benzene rings is 1. The molecule has 0 amide bonds. The van der Waals surface area contributed by atoms with Crippen molar-refractivity contribution < 1.29 is 13.2 Å². The van der Waals surface area contributed by atoms with Crippen molar-refractivity contribution in [2.24, 2.45) is 0 Å². The van der Waals surface area contributed by atoms with E-state index in [1.807, 2.05) is 0 Å². The van der Waals surface area contributed by atoms with Gasteiger partial charge in [-0.1, -0.05) is 18.1 Å². The number of rotatable bonds is 4. The summed E-state index contributed by atoms with van der Waals surface area (Å²) in [7, 11) is -3.30. The third kappa shape index (κ3) is 4.24. The lowest BCUT2D eigenvalue weighted by Gasteiger charge is -2.09. The van der Waals surface area contributed by atoms with Gasteiger partial charge in [-0.2, -0.15) is 0 Å². The molecule has 0 spiro atoms. The minimum absolute atomic E-state index is 0.235. The van der Waals surface area contributed by atoms with Crippen LogP contribution in [0.25, 0.3) is 0 Å². The monoisotopic (exact) mass is 239 g/mol. The summed E-state index contributed by atoms with van der Waals surface area (Å²) >= 11 is 0. The van der Waals surface area contributed by atoms with E-state index in [1.165, 1.54) is 0 Å². The number of sulfonamides is 1. The second-order valence-corrected chi connectivity index (χ2v) is 4.83. The highest BCUT2D eigenvalue weighted by Crippen LogP contribution is 2.24. The molecule has 0 aliphatic heterocycles. The van der Waals surface area contributed by atoms with Crippen molar-refractivity contribution in [1.82, 2.24) is 0 Å².